The fourth-order valence-electron chi connectivity index (χ4n) is 3.50. The highest BCUT2D eigenvalue weighted by atomic mass is 19.1. The first kappa shape index (κ1) is 20.1. The van der Waals surface area contributed by atoms with Gasteiger partial charge in [-0.25, -0.2) is 4.39 Å². The van der Waals surface area contributed by atoms with Crippen LogP contribution in [0.1, 0.15) is 17.5 Å². The Morgan fingerprint density at radius 2 is 1.64 bits per heavy atom. The molecule has 0 spiro atoms. The van der Waals surface area contributed by atoms with Gasteiger partial charge in [-0.15, -0.1) is 0 Å². The Kier molecular flexibility index (Phi) is 6.87. The standard InChI is InChI=1S/C22H27FN2O3/c1-27-20-9-6-18(14-21(20)28-2)15-22(26)25-11-3-10-24(12-13-25)16-17-4-7-19(23)8-5-17/h4-9,14H,3,10-13,15-16H2,1-2H3. The van der Waals surface area contributed by atoms with Crippen LogP contribution in [0.2, 0.25) is 0 Å². The lowest BCUT2D eigenvalue weighted by Gasteiger charge is -2.22. The van der Waals surface area contributed by atoms with Gasteiger partial charge in [0, 0.05) is 32.7 Å². The van der Waals surface area contributed by atoms with E-state index in [1.54, 1.807) is 14.2 Å². The number of amides is 1. The van der Waals surface area contributed by atoms with Crippen molar-refractivity contribution in [1.29, 1.82) is 0 Å². The van der Waals surface area contributed by atoms with Crippen LogP contribution in [-0.4, -0.2) is 56.1 Å². The number of ether oxygens (including phenoxy) is 2. The van der Waals surface area contributed by atoms with E-state index in [9.17, 15) is 9.18 Å². The second-order valence-corrected chi connectivity index (χ2v) is 7.00. The van der Waals surface area contributed by atoms with Crippen molar-refractivity contribution in [2.45, 2.75) is 19.4 Å². The highest BCUT2D eigenvalue weighted by Gasteiger charge is 2.20. The molecule has 2 aromatic carbocycles. The molecule has 1 amide bonds. The predicted molar refractivity (Wildman–Crippen MR) is 106 cm³/mol. The Balaban J connectivity index is 1.56. The van der Waals surface area contributed by atoms with Crippen LogP contribution in [0, 0.1) is 5.82 Å². The molecule has 0 aromatic heterocycles. The summed E-state index contributed by atoms with van der Waals surface area (Å²) < 4.78 is 23.6. The molecule has 1 heterocycles. The average Bonchev–Trinajstić information content (AvgIpc) is 2.95. The third kappa shape index (κ3) is 5.23. The molecule has 0 radical (unpaired) electrons. The SMILES string of the molecule is COc1ccc(CC(=O)N2CCCN(Cc3ccc(F)cc3)CC2)cc1OC. The zero-order valence-corrected chi connectivity index (χ0v) is 16.5. The minimum atomic E-state index is -0.216. The van der Waals surface area contributed by atoms with E-state index in [1.165, 1.54) is 12.1 Å². The highest BCUT2D eigenvalue weighted by Crippen LogP contribution is 2.28. The van der Waals surface area contributed by atoms with Crippen molar-refractivity contribution < 1.29 is 18.7 Å². The van der Waals surface area contributed by atoms with Crippen molar-refractivity contribution in [3.63, 3.8) is 0 Å². The van der Waals surface area contributed by atoms with Gasteiger partial charge in [-0.3, -0.25) is 9.69 Å². The van der Waals surface area contributed by atoms with Gasteiger partial charge >= 0.3 is 0 Å². The van der Waals surface area contributed by atoms with Crippen molar-refractivity contribution >= 4 is 5.91 Å². The van der Waals surface area contributed by atoms with Gasteiger partial charge in [-0.1, -0.05) is 18.2 Å². The molecule has 0 N–H and O–H groups in total. The summed E-state index contributed by atoms with van der Waals surface area (Å²) in [6.45, 7) is 3.98. The zero-order valence-electron chi connectivity index (χ0n) is 16.5. The fourth-order valence-corrected chi connectivity index (χ4v) is 3.50. The lowest BCUT2D eigenvalue weighted by Crippen LogP contribution is -2.36. The summed E-state index contributed by atoms with van der Waals surface area (Å²) in [4.78, 5) is 17.0. The number of methoxy groups -OCH3 is 2. The number of hydrogen-bond donors (Lipinski definition) is 0. The van der Waals surface area contributed by atoms with Gasteiger partial charge in [0.1, 0.15) is 5.82 Å². The first-order chi connectivity index (χ1) is 13.6. The smallest absolute Gasteiger partial charge is 0.227 e. The third-order valence-electron chi connectivity index (χ3n) is 5.06. The van der Waals surface area contributed by atoms with E-state index in [1.807, 2.05) is 35.2 Å². The molecule has 150 valence electrons. The molecular formula is C22H27FN2O3. The van der Waals surface area contributed by atoms with Crippen molar-refractivity contribution in [2.75, 3.05) is 40.4 Å². The van der Waals surface area contributed by atoms with Gasteiger partial charge in [0.15, 0.2) is 11.5 Å². The first-order valence-corrected chi connectivity index (χ1v) is 9.54. The molecule has 5 nitrogen and oxygen atoms in total. The number of hydrogen-bond acceptors (Lipinski definition) is 4. The zero-order chi connectivity index (χ0) is 19.9. The van der Waals surface area contributed by atoms with E-state index in [4.69, 9.17) is 9.47 Å². The van der Waals surface area contributed by atoms with Gasteiger partial charge in [-0.2, -0.15) is 0 Å². The van der Waals surface area contributed by atoms with Crippen LogP contribution in [0.15, 0.2) is 42.5 Å². The molecule has 1 fully saturated rings. The Labute approximate surface area is 165 Å². The quantitative estimate of drug-likeness (QED) is 0.765. The summed E-state index contributed by atoms with van der Waals surface area (Å²) in [5, 5.41) is 0. The van der Waals surface area contributed by atoms with Gasteiger partial charge in [0.05, 0.1) is 20.6 Å². The summed E-state index contributed by atoms with van der Waals surface area (Å²) in [5.74, 6) is 1.20. The summed E-state index contributed by atoms with van der Waals surface area (Å²) in [6, 6.07) is 12.2. The molecule has 28 heavy (non-hydrogen) atoms. The van der Waals surface area contributed by atoms with E-state index in [-0.39, 0.29) is 11.7 Å². The Hall–Kier alpha value is -2.60. The summed E-state index contributed by atoms with van der Waals surface area (Å²) in [7, 11) is 3.19. The van der Waals surface area contributed by atoms with Crippen LogP contribution in [0.25, 0.3) is 0 Å². The molecular weight excluding hydrogens is 359 g/mol. The molecule has 1 saturated heterocycles. The van der Waals surface area contributed by atoms with Crippen LogP contribution in [0.4, 0.5) is 4.39 Å². The van der Waals surface area contributed by atoms with Crippen LogP contribution in [-0.2, 0) is 17.8 Å². The lowest BCUT2D eigenvalue weighted by atomic mass is 10.1. The van der Waals surface area contributed by atoms with Gasteiger partial charge in [0.2, 0.25) is 5.91 Å². The minimum Gasteiger partial charge on any atom is -0.493 e. The second-order valence-electron chi connectivity index (χ2n) is 7.00. The molecule has 3 rings (SSSR count). The molecule has 1 aliphatic rings. The summed E-state index contributed by atoms with van der Waals surface area (Å²) >= 11 is 0. The molecule has 0 saturated carbocycles. The van der Waals surface area contributed by atoms with Crippen LogP contribution < -0.4 is 9.47 Å². The maximum Gasteiger partial charge on any atom is 0.227 e. The number of nitrogens with zero attached hydrogens (tertiary/aromatic N) is 2. The predicted octanol–water partition coefficient (Wildman–Crippen LogP) is 3.12. The van der Waals surface area contributed by atoms with Crippen LogP contribution in [0.3, 0.4) is 0 Å². The van der Waals surface area contributed by atoms with E-state index >= 15 is 0 Å². The largest absolute Gasteiger partial charge is 0.493 e. The molecule has 1 aliphatic heterocycles. The van der Waals surface area contributed by atoms with Gasteiger partial charge in [-0.05, 0) is 41.8 Å². The van der Waals surface area contributed by atoms with Gasteiger partial charge < -0.3 is 14.4 Å². The lowest BCUT2D eigenvalue weighted by molar-refractivity contribution is -0.130. The number of halogens is 1. The van der Waals surface area contributed by atoms with E-state index in [0.717, 1.165) is 43.7 Å². The van der Waals surface area contributed by atoms with Crippen LogP contribution >= 0.6 is 0 Å². The normalized spacial score (nSPS) is 15.2. The molecule has 0 aliphatic carbocycles. The molecule has 2 aromatic rings. The molecule has 0 atom stereocenters. The number of benzene rings is 2. The van der Waals surface area contributed by atoms with Crippen molar-refractivity contribution in [2.24, 2.45) is 0 Å². The third-order valence-corrected chi connectivity index (χ3v) is 5.06. The maximum absolute atomic E-state index is 13.1. The van der Waals surface area contributed by atoms with E-state index < -0.39 is 0 Å². The highest BCUT2D eigenvalue weighted by molar-refractivity contribution is 5.79. The first-order valence-electron chi connectivity index (χ1n) is 9.54. The molecule has 0 bridgehead atoms. The Morgan fingerprint density at radius 1 is 0.929 bits per heavy atom. The fraction of sp³-hybridized carbons (Fsp3) is 0.409. The second kappa shape index (κ2) is 9.55. The monoisotopic (exact) mass is 386 g/mol. The Morgan fingerprint density at radius 3 is 2.36 bits per heavy atom. The van der Waals surface area contributed by atoms with E-state index in [0.29, 0.717) is 24.5 Å². The molecule has 0 unspecified atom stereocenters. The van der Waals surface area contributed by atoms with E-state index in [2.05, 4.69) is 4.90 Å². The van der Waals surface area contributed by atoms with Gasteiger partial charge in [0.25, 0.3) is 0 Å². The van der Waals surface area contributed by atoms with Crippen LogP contribution in [0.5, 0.6) is 11.5 Å². The number of rotatable bonds is 6. The summed E-state index contributed by atoms with van der Waals surface area (Å²) in [5.41, 5.74) is 2.00. The number of carbonyl (C=O) groups is 1. The van der Waals surface area contributed by atoms with Crippen molar-refractivity contribution in [1.82, 2.24) is 9.80 Å². The number of carbonyl (C=O) groups excluding carboxylic acids is 1. The average molecular weight is 386 g/mol. The topological polar surface area (TPSA) is 42.0 Å². The summed E-state index contributed by atoms with van der Waals surface area (Å²) in [6.07, 6.45) is 1.27. The molecule has 6 heteroatoms. The minimum absolute atomic E-state index is 0.121. The van der Waals surface area contributed by atoms with Crippen molar-refractivity contribution in [3.05, 3.63) is 59.4 Å². The Bertz CT molecular complexity index is 795. The van der Waals surface area contributed by atoms with Crippen molar-refractivity contribution in [3.8, 4) is 11.5 Å². The maximum atomic E-state index is 13.1.